The minimum absolute atomic E-state index is 0.0201. The number of carbonyl (C=O) groups excluding carboxylic acids is 1. The van der Waals surface area contributed by atoms with Crippen molar-refractivity contribution in [2.24, 2.45) is 5.92 Å². The first-order chi connectivity index (χ1) is 8.43. The first-order valence-corrected chi connectivity index (χ1v) is 8.21. The van der Waals surface area contributed by atoms with Crippen molar-refractivity contribution >= 4 is 15.9 Å². The molecule has 1 rings (SSSR count). The normalized spacial score (nSPS) is 21.8. The minimum atomic E-state index is -3.08. The number of nitrogens with one attached hydrogen (secondary N) is 2. The molecular formula is C11H23N3O3S. The summed E-state index contributed by atoms with van der Waals surface area (Å²) < 4.78 is 24.4. The molecule has 2 N–H and O–H groups in total. The van der Waals surface area contributed by atoms with Crippen LogP contribution in [0.4, 0.5) is 0 Å². The van der Waals surface area contributed by atoms with Gasteiger partial charge in [0.1, 0.15) is 0 Å². The molecule has 1 amide bonds. The van der Waals surface area contributed by atoms with Crippen LogP contribution in [0.15, 0.2) is 0 Å². The van der Waals surface area contributed by atoms with Gasteiger partial charge >= 0.3 is 0 Å². The van der Waals surface area contributed by atoms with Crippen molar-refractivity contribution in [3.05, 3.63) is 0 Å². The topological polar surface area (TPSA) is 78.5 Å². The minimum Gasteiger partial charge on any atom is -0.355 e. The van der Waals surface area contributed by atoms with Crippen molar-refractivity contribution in [2.75, 3.05) is 39.0 Å². The molecule has 1 saturated heterocycles. The predicted octanol–water partition coefficient (Wildman–Crippen LogP) is -0.616. The van der Waals surface area contributed by atoms with E-state index in [-0.39, 0.29) is 5.91 Å². The molecule has 0 aliphatic carbocycles. The van der Waals surface area contributed by atoms with E-state index in [2.05, 4.69) is 10.6 Å². The van der Waals surface area contributed by atoms with Gasteiger partial charge in [-0.2, -0.15) is 0 Å². The van der Waals surface area contributed by atoms with Crippen LogP contribution in [-0.2, 0) is 14.8 Å². The highest BCUT2D eigenvalue weighted by Gasteiger charge is 2.25. The molecule has 0 aromatic heterocycles. The zero-order valence-electron chi connectivity index (χ0n) is 11.1. The van der Waals surface area contributed by atoms with Crippen molar-refractivity contribution in [3.63, 3.8) is 0 Å². The summed E-state index contributed by atoms with van der Waals surface area (Å²) in [6.07, 6.45) is 3.15. The van der Waals surface area contributed by atoms with Crippen LogP contribution in [0.25, 0.3) is 0 Å². The highest BCUT2D eigenvalue weighted by molar-refractivity contribution is 7.88. The third-order valence-electron chi connectivity index (χ3n) is 3.04. The third kappa shape index (κ3) is 5.32. The lowest BCUT2D eigenvalue weighted by Gasteiger charge is -2.31. The first kappa shape index (κ1) is 15.4. The monoisotopic (exact) mass is 277 g/mol. The van der Waals surface area contributed by atoms with Gasteiger partial charge in [0.2, 0.25) is 15.9 Å². The number of carbonyl (C=O) groups is 1. The van der Waals surface area contributed by atoms with Gasteiger partial charge in [-0.25, -0.2) is 12.7 Å². The maximum atomic E-state index is 11.4. The Balaban J connectivity index is 2.29. The third-order valence-corrected chi connectivity index (χ3v) is 4.31. The number of rotatable bonds is 6. The number of amides is 1. The van der Waals surface area contributed by atoms with Crippen LogP contribution < -0.4 is 10.6 Å². The maximum Gasteiger partial charge on any atom is 0.233 e. The first-order valence-electron chi connectivity index (χ1n) is 6.36. The van der Waals surface area contributed by atoms with Gasteiger partial charge in [-0.1, -0.05) is 0 Å². The van der Waals surface area contributed by atoms with Gasteiger partial charge in [0.15, 0.2) is 0 Å². The van der Waals surface area contributed by atoms with Crippen molar-refractivity contribution in [2.45, 2.75) is 19.8 Å². The second-order valence-electron chi connectivity index (χ2n) is 4.71. The number of sulfonamides is 1. The summed E-state index contributed by atoms with van der Waals surface area (Å²) in [4.78, 5) is 11.2. The zero-order chi connectivity index (χ0) is 13.6. The van der Waals surface area contributed by atoms with Gasteiger partial charge in [-0.3, -0.25) is 4.79 Å². The molecule has 0 aromatic rings. The molecule has 1 unspecified atom stereocenters. The lowest BCUT2D eigenvalue weighted by molar-refractivity contribution is -0.120. The van der Waals surface area contributed by atoms with Crippen LogP contribution in [0.5, 0.6) is 0 Å². The highest BCUT2D eigenvalue weighted by Crippen LogP contribution is 2.17. The number of hydrogen-bond donors (Lipinski definition) is 2. The molecule has 0 saturated carbocycles. The number of hydrogen-bond acceptors (Lipinski definition) is 4. The van der Waals surface area contributed by atoms with Crippen LogP contribution in [-0.4, -0.2) is 57.6 Å². The molecule has 0 aromatic carbocycles. The van der Waals surface area contributed by atoms with Crippen LogP contribution >= 0.6 is 0 Å². The Kier molecular flexibility index (Phi) is 6.04. The van der Waals surface area contributed by atoms with Crippen LogP contribution in [0.1, 0.15) is 19.8 Å². The summed E-state index contributed by atoms with van der Waals surface area (Å²) >= 11 is 0. The molecule has 1 atom stereocenters. The molecule has 1 fully saturated rings. The maximum absolute atomic E-state index is 11.4. The lowest BCUT2D eigenvalue weighted by Crippen LogP contribution is -2.43. The average Bonchev–Trinajstić information content (AvgIpc) is 2.29. The zero-order valence-corrected chi connectivity index (χ0v) is 11.9. The van der Waals surface area contributed by atoms with E-state index in [9.17, 15) is 13.2 Å². The summed E-state index contributed by atoms with van der Waals surface area (Å²) in [6, 6.07) is 0. The number of likely N-dealkylation sites (N-methyl/N-ethyl adjacent to an activating group) is 1. The van der Waals surface area contributed by atoms with Crippen LogP contribution in [0, 0.1) is 5.92 Å². The standard InChI is InChI=1S/C11H23N3O3S/c1-3-13-11(15)8-12-7-10-5-4-6-14(9-10)18(2,16)17/h10,12H,3-9H2,1-2H3,(H,13,15). The van der Waals surface area contributed by atoms with Gasteiger partial charge in [-0.05, 0) is 32.2 Å². The summed E-state index contributed by atoms with van der Waals surface area (Å²) in [5, 5.41) is 5.79. The molecule has 0 bridgehead atoms. The van der Waals surface area contributed by atoms with Crippen molar-refractivity contribution in [3.8, 4) is 0 Å². The summed E-state index contributed by atoms with van der Waals surface area (Å²) in [5.41, 5.74) is 0. The Bertz CT molecular complexity index is 370. The number of nitrogens with zero attached hydrogens (tertiary/aromatic N) is 1. The van der Waals surface area contributed by atoms with Crippen molar-refractivity contribution < 1.29 is 13.2 Å². The van der Waals surface area contributed by atoms with E-state index in [0.29, 0.717) is 38.6 Å². The fourth-order valence-corrected chi connectivity index (χ4v) is 3.09. The molecule has 1 aliphatic rings. The van der Waals surface area contributed by atoms with Crippen molar-refractivity contribution in [1.29, 1.82) is 0 Å². The molecule has 106 valence electrons. The van der Waals surface area contributed by atoms with Gasteiger partial charge < -0.3 is 10.6 Å². The van der Waals surface area contributed by atoms with E-state index in [1.807, 2.05) is 6.92 Å². The Hall–Kier alpha value is -0.660. The molecule has 7 heteroatoms. The van der Waals surface area contributed by atoms with E-state index in [1.165, 1.54) is 10.6 Å². The summed E-state index contributed by atoms with van der Waals surface area (Å²) in [6.45, 7) is 4.66. The molecule has 1 heterocycles. The Morgan fingerprint density at radius 3 is 2.78 bits per heavy atom. The molecule has 18 heavy (non-hydrogen) atoms. The van der Waals surface area contributed by atoms with Crippen LogP contribution in [0.3, 0.4) is 0 Å². The number of piperidine rings is 1. The second kappa shape index (κ2) is 7.06. The highest BCUT2D eigenvalue weighted by atomic mass is 32.2. The second-order valence-corrected chi connectivity index (χ2v) is 6.70. The Morgan fingerprint density at radius 1 is 1.44 bits per heavy atom. The molecular weight excluding hydrogens is 254 g/mol. The summed E-state index contributed by atoms with van der Waals surface area (Å²) in [7, 11) is -3.08. The van der Waals surface area contributed by atoms with Gasteiger partial charge in [0, 0.05) is 19.6 Å². The fourth-order valence-electron chi connectivity index (χ4n) is 2.14. The van der Waals surface area contributed by atoms with Crippen LogP contribution in [0.2, 0.25) is 0 Å². The molecule has 0 radical (unpaired) electrons. The molecule has 0 spiro atoms. The largest absolute Gasteiger partial charge is 0.355 e. The summed E-state index contributed by atoms with van der Waals surface area (Å²) in [5.74, 6) is 0.274. The Morgan fingerprint density at radius 2 is 2.17 bits per heavy atom. The molecule has 6 nitrogen and oxygen atoms in total. The SMILES string of the molecule is CCNC(=O)CNCC1CCCN(S(C)(=O)=O)C1. The quantitative estimate of drug-likeness (QED) is 0.678. The van der Waals surface area contributed by atoms with Gasteiger partial charge in [-0.15, -0.1) is 0 Å². The van der Waals surface area contributed by atoms with E-state index < -0.39 is 10.0 Å². The smallest absolute Gasteiger partial charge is 0.233 e. The van der Waals surface area contributed by atoms with E-state index >= 15 is 0 Å². The van der Waals surface area contributed by atoms with E-state index in [1.54, 1.807) is 0 Å². The fraction of sp³-hybridized carbons (Fsp3) is 0.909. The average molecular weight is 277 g/mol. The van der Waals surface area contributed by atoms with Gasteiger partial charge in [0.05, 0.1) is 12.8 Å². The van der Waals surface area contributed by atoms with Crippen molar-refractivity contribution in [1.82, 2.24) is 14.9 Å². The van der Waals surface area contributed by atoms with E-state index in [0.717, 1.165) is 12.8 Å². The Labute approximate surface area is 109 Å². The van der Waals surface area contributed by atoms with E-state index in [4.69, 9.17) is 0 Å². The van der Waals surface area contributed by atoms with Gasteiger partial charge in [0.25, 0.3) is 0 Å². The molecule has 1 aliphatic heterocycles. The lowest BCUT2D eigenvalue weighted by atomic mass is 10.00. The predicted molar refractivity (Wildman–Crippen MR) is 70.7 cm³/mol.